The molecule has 0 aliphatic heterocycles. The maximum atomic E-state index is 5.96. The molecule has 0 radical (unpaired) electrons. The van der Waals surface area contributed by atoms with E-state index in [1.807, 2.05) is 30.3 Å². The summed E-state index contributed by atoms with van der Waals surface area (Å²) in [6.07, 6.45) is 0. The van der Waals surface area contributed by atoms with E-state index in [2.05, 4.69) is 31.3 Å². The number of nitrogens with two attached hydrogens (primary N) is 1. The lowest BCUT2D eigenvalue weighted by atomic mass is 10.0. The highest BCUT2D eigenvalue weighted by Crippen LogP contribution is 2.26. The number of aryl methyl sites for hydroxylation is 1. The minimum absolute atomic E-state index is 0.199. The quantitative estimate of drug-likeness (QED) is 0.818. The number of benzene rings is 2. The molecule has 0 saturated carbocycles. The van der Waals surface area contributed by atoms with Crippen LogP contribution in [0.4, 0.5) is 5.69 Å². The Morgan fingerprint density at radius 1 is 1.20 bits per heavy atom. The fraction of sp³-hybridized carbons (Fsp3) is 0.294. The van der Waals surface area contributed by atoms with E-state index in [0.29, 0.717) is 0 Å². The summed E-state index contributed by atoms with van der Waals surface area (Å²) in [6.45, 7) is 4.96. The molecule has 1 atom stereocenters. The van der Waals surface area contributed by atoms with Crippen LogP contribution in [0.2, 0.25) is 0 Å². The molecule has 20 heavy (non-hydrogen) atoms. The van der Waals surface area contributed by atoms with Crippen LogP contribution in [0, 0.1) is 6.92 Å². The molecule has 0 saturated heterocycles. The van der Waals surface area contributed by atoms with Gasteiger partial charge in [0.25, 0.3) is 0 Å². The zero-order valence-corrected chi connectivity index (χ0v) is 12.3. The Hall–Kier alpha value is -2.00. The molecule has 2 rings (SSSR count). The molecule has 0 aliphatic rings. The van der Waals surface area contributed by atoms with Gasteiger partial charge >= 0.3 is 0 Å². The second-order valence-corrected chi connectivity index (χ2v) is 5.05. The first-order chi connectivity index (χ1) is 9.61. The number of rotatable bonds is 5. The number of hydrogen-bond acceptors (Lipinski definition) is 3. The van der Waals surface area contributed by atoms with E-state index in [1.165, 1.54) is 11.1 Å². The number of para-hydroxylation sites is 1. The van der Waals surface area contributed by atoms with Crippen LogP contribution >= 0.6 is 0 Å². The van der Waals surface area contributed by atoms with Crippen LogP contribution in [-0.2, 0) is 6.54 Å². The van der Waals surface area contributed by atoms with Gasteiger partial charge in [-0.15, -0.1) is 0 Å². The molecule has 1 unspecified atom stereocenters. The highest BCUT2D eigenvalue weighted by Gasteiger charge is 2.11. The van der Waals surface area contributed by atoms with Crippen molar-refractivity contribution in [2.45, 2.75) is 26.4 Å². The van der Waals surface area contributed by atoms with Crippen molar-refractivity contribution >= 4 is 5.69 Å². The van der Waals surface area contributed by atoms with Crippen molar-refractivity contribution in [3.63, 3.8) is 0 Å². The van der Waals surface area contributed by atoms with Gasteiger partial charge < -0.3 is 15.8 Å². The third kappa shape index (κ3) is 3.31. The van der Waals surface area contributed by atoms with Gasteiger partial charge in [-0.1, -0.05) is 35.9 Å². The SMILES string of the molecule is COc1ccc(C)cc1C(C)NCc1ccccc1N. The molecule has 0 aliphatic carbocycles. The minimum Gasteiger partial charge on any atom is -0.496 e. The first-order valence-electron chi connectivity index (χ1n) is 6.83. The van der Waals surface area contributed by atoms with Gasteiger partial charge in [-0.05, 0) is 31.5 Å². The normalized spacial score (nSPS) is 12.2. The average molecular weight is 270 g/mol. The standard InChI is InChI=1S/C17H22N2O/c1-12-8-9-17(20-3)15(10-12)13(2)19-11-14-6-4-5-7-16(14)18/h4-10,13,19H,11,18H2,1-3H3. The lowest BCUT2D eigenvalue weighted by molar-refractivity contribution is 0.401. The van der Waals surface area contributed by atoms with E-state index in [-0.39, 0.29) is 6.04 Å². The van der Waals surface area contributed by atoms with Crippen LogP contribution in [0.5, 0.6) is 5.75 Å². The second kappa shape index (κ2) is 6.44. The lowest BCUT2D eigenvalue weighted by Crippen LogP contribution is -2.19. The largest absolute Gasteiger partial charge is 0.496 e. The summed E-state index contributed by atoms with van der Waals surface area (Å²) < 4.78 is 5.43. The Morgan fingerprint density at radius 2 is 1.95 bits per heavy atom. The third-order valence-electron chi connectivity index (χ3n) is 3.51. The van der Waals surface area contributed by atoms with Crippen molar-refractivity contribution in [2.24, 2.45) is 0 Å². The Bertz CT molecular complexity index is 581. The second-order valence-electron chi connectivity index (χ2n) is 5.05. The molecule has 0 fully saturated rings. The first kappa shape index (κ1) is 14.4. The van der Waals surface area contributed by atoms with Gasteiger partial charge in [0, 0.05) is 23.8 Å². The Morgan fingerprint density at radius 3 is 2.65 bits per heavy atom. The first-order valence-corrected chi connectivity index (χ1v) is 6.83. The van der Waals surface area contributed by atoms with Crippen molar-refractivity contribution < 1.29 is 4.74 Å². The summed E-state index contributed by atoms with van der Waals surface area (Å²) in [7, 11) is 1.70. The number of ether oxygens (including phenoxy) is 1. The van der Waals surface area contributed by atoms with Crippen LogP contribution in [0.3, 0.4) is 0 Å². The van der Waals surface area contributed by atoms with E-state index in [1.54, 1.807) is 7.11 Å². The highest BCUT2D eigenvalue weighted by molar-refractivity contribution is 5.46. The number of hydrogen-bond donors (Lipinski definition) is 2. The van der Waals surface area contributed by atoms with Gasteiger partial charge in [0.05, 0.1) is 7.11 Å². The highest BCUT2D eigenvalue weighted by atomic mass is 16.5. The average Bonchev–Trinajstić information content (AvgIpc) is 2.46. The molecule has 2 aromatic rings. The van der Waals surface area contributed by atoms with Crippen LogP contribution in [-0.4, -0.2) is 7.11 Å². The molecular formula is C17H22N2O. The van der Waals surface area contributed by atoms with Crippen molar-refractivity contribution in [3.05, 3.63) is 59.2 Å². The fourth-order valence-corrected chi connectivity index (χ4v) is 2.26. The van der Waals surface area contributed by atoms with Crippen molar-refractivity contribution in [1.82, 2.24) is 5.32 Å². The number of anilines is 1. The van der Waals surface area contributed by atoms with Gasteiger partial charge in [-0.2, -0.15) is 0 Å². The summed E-state index contributed by atoms with van der Waals surface area (Å²) in [5.74, 6) is 0.914. The number of nitrogen functional groups attached to an aromatic ring is 1. The van der Waals surface area contributed by atoms with Gasteiger partial charge in [-0.3, -0.25) is 0 Å². The molecule has 0 bridgehead atoms. The van der Waals surface area contributed by atoms with Crippen molar-refractivity contribution in [3.8, 4) is 5.75 Å². The number of methoxy groups -OCH3 is 1. The van der Waals surface area contributed by atoms with E-state index in [0.717, 1.165) is 23.5 Å². The molecule has 2 aromatic carbocycles. The molecule has 0 amide bonds. The van der Waals surface area contributed by atoms with E-state index in [4.69, 9.17) is 10.5 Å². The molecule has 3 heteroatoms. The van der Waals surface area contributed by atoms with Gasteiger partial charge in [0.15, 0.2) is 0 Å². The topological polar surface area (TPSA) is 47.3 Å². The molecule has 106 valence electrons. The third-order valence-corrected chi connectivity index (χ3v) is 3.51. The summed E-state index contributed by atoms with van der Waals surface area (Å²) in [4.78, 5) is 0. The molecule has 0 spiro atoms. The van der Waals surface area contributed by atoms with E-state index < -0.39 is 0 Å². The van der Waals surface area contributed by atoms with Crippen LogP contribution < -0.4 is 15.8 Å². The zero-order chi connectivity index (χ0) is 14.5. The molecule has 0 aromatic heterocycles. The minimum atomic E-state index is 0.199. The molecule has 0 heterocycles. The fourth-order valence-electron chi connectivity index (χ4n) is 2.26. The van der Waals surface area contributed by atoms with Crippen molar-refractivity contribution in [2.75, 3.05) is 12.8 Å². The summed E-state index contributed by atoms with van der Waals surface area (Å²) >= 11 is 0. The van der Waals surface area contributed by atoms with Gasteiger partial charge in [0.1, 0.15) is 5.75 Å². The van der Waals surface area contributed by atoms with E-state index >= 15 is 0 Å². The van der Waals surface area contributed by atoms with E-state index in [9.17, 15) is 0 Å². The lowest BCUT2D eigenvalue weighted by Gasteiger charge is -2.18. The molecular weight excluding hydrogens is 248 g/mol. The summed E-state index contributed by atoms with van der Waals surface area (Å²) in [6, 6.07) is 14.4. The Labute approximate surface area is 120 Å². The molecule has 3 N–H and O–H groups in total. The van der Waals surface area contributed by atoms with Crippen LogP contribution in [0.1, 0.15) is 29.7 Å². The zero-order valence-electron chi connectivity index (χ0n) is 12.3. The maximum Gasteiger partial charge on any atom is 0.123 e. The van der Waals surface area contributed by atoms with Crippen LogP contribution in [0.25, 0.3) is 0 Å². The van der Waals surface area contributed by atoms with Crippen LogP contribution in [0.15, 0.2) is 42.5 Å². The van der Waals surface area contributed by atoms with Gasteiger partial charge in [-0.25, -0.2) is 0 Å². The van der Waals surface area contributed by atoms with Gasteiger partial charge in [0.2, 0.25) is 0 Å². The predicted molar refractivity (Wildman–Crippen MR) is 83.8 cm³/mol. The van der Waals surface area contributed by atoms with Crippen molar-refractivity contribution in [1.29, 1.82) is 0 Å². The summed E-state index contributed by atoms with van der Waals surface area (Å²) in [5.41, 5.74) is 10.3. The Kier molecular flexibility index (Phi) is 4.64. The predicted octanol–water partition coefficient (Wildman–Crippen LogP) is 3.44. The molecule has 3 nitrogen and oxygen atoms in total. The monoisotopic (exact) mass is 270 g/mol. The smallest absolute Gasteiger partial charge is 0.123 e. The maximum absolute atomic E-state index is 5.96. The summed E-state index contributed by atoms with van der Waals surface area (Å²) in [5, 5.41) is 3.50. The Balaban J connectivity index is 2.11. The number of nitrogens with one attached hydrogen (secondary N) is 1.